The van der Waals surface area contributed by atoms with Gasteiger partial charge in [0.2, 0.25) is 11.7 Å². The van der Waals surface area contributed by atoms with Crippen molar-refractivity contribution in [2.24, 2.45) is 0 Å². The zero-order chi connectivity index (χ0) is 19.5. The minimum absolute atomic E-state index is 0.126. The molecule has 0 radical (unpaired) electrons. The molecular weight excluding hydrogens is 398 g/mol. The number of halogens is 1. The van der Waals surface area contributed by atoms with Gasteiger partial charge in [0.05, 0.1) is 11.4 Å². The first-order valence-electron chi connectivity index (χ1n) is 8.32. The number of anilines is 1. The number of carbonyl (C=O) groups excluding carboxylic acids is 1. The number of nitrogens with zero attached hydrogens (tertiary/aromatic N) is 3. The van der Waals surface area contributed by atoms with Crippen LogP contribution >= 0.6 is 23.4 Å². The van der Waals surface area contributed by atoms with Gasteiger partial charge in [0.1, 0.15) is 0 Å². The lowest BCUT2D eigenvalue weighted by Gasteiger charge is -2.08. The van der Waals surface area contributed by atoms with E-state index in [0.717, 1.165) is 5.56 Å². The topological polar surface area (TPSA) is 92.2 Å². The normalized spacial score (nSPS) is 10.9. The number of fused-ring (bicyclic) bond motifs is 1. The molecule has 0 unspecified atom stereocenters. The van der Waals surface area contributed by atoms with Crippen molar-refractivity contribution in [1.29, 1.82) is 0 Å². The summed E-state index contributed by atoms with van der Waals surface area (Å²) >= 11 is 7.16. The van der Waals surface area contributed by atoms with Crippen LogP contribution in [0.1, 0.15) is 0 Å². The van der Waals surface area contributed by atoms with Crippen LogP contribution in [0.15, 0.2) is 70.6 Å². The maximum atomic E-state index is 12.3. The Balaban J connectivity index is 1.59. The molecule has 7 nitrogen and oxygen atoms in total. The molecule has 0 fully saturated rings. The number of amides is 1. The van der Waals surface area contributed by atoms with Crippen molar-refractivity contribution in [3.8, 4) is 11.3 Å². The molecule has 0 aliphatic carbocycles. The third kappa shape index (κ3) is 3.92. The molecule has 2 heterocycles. The fraction of sp³-hybridized carbons (Fsp3) is 0.0526. The predicted molar refractivity (Wildman–Crippen MR) is 110 cm³/mol. The molecule has 0 atom stereocenters. The monoisotopic (exact) mass is 411 g/mol. The third-order valence-electron chi connectivity index (χ3n) is 3.89. The number of thioether (sulfide) groups is 1. The van der Waals surface area contributed by atoms with Gasteiger partial charge in [0.15, 0.2) is 5.16 Å². The molecule has 0 saturated carbocycles. The van der Waals surface area contributed by atoms with Crippen LogP contribution in [0.25, 0.3) is 17.0 Å². The first-order valence-corrected chi connectivity index (χ1v) is 9.68. The first kappa shape index (κ1) is 18.3. The molecule has 2 N–H and O–H groups in total. The number of hydrogen-bond acceptors (Lipinski definition) is 5. The number of aromatic nitrogens is 4. The smallest absolute Gasteiger partial charge is 0.252 e. The Morgan fingerprint density at radius 1 is 1.11 bits per heavy atom. The fourth-order valence-corrected chi connectivity index (χ4v) is 3.65. The summed E-state index contributed by atoms with van der Waals surface area (Å²) in [6.07, 6.45) is 0. The van der Waals surface area contributed by atoms with Crippen LogP contribution in [0.5, 0.6) is 0 Å². The van der Waals surface area contributed by atoms with E-state index in [1.807, 2.05) is 30.3 Å². The number of benzene rings is 2. The number of nitrogens with one attached hydrogen (secondary N) is 2. The molecule has 28 heavy (non-hydrogen) atoms. The van der Waals surface area contributed by atoms with Crippen LogP contribution in [0.3, 0.4) is 0 Å². The maximum absolute atomic E-state index is 12.3. The summed E-state index contributed by atoms with van der Waals surface area (Å²) in [5.74, 6) is 0.250. The van der Waals surface area contributed by atoms with Crippen LogP contribution in [0.2, 0.25) is 5.02 Å². The maximum Gasteiger partial charge on any atom is 0.252 e. The SMILES string of the molecule is O=C(CSc1nnc2[nH]c(=O)cc(-c3ccccc3)n12)Nc1cccc(Cl)c1. The summed E-state index contributed by atoms with van der Waals surface area (Å²) < 4.78 is 1.73. The van der Waals surface area contributed by atoms with E-state index in [9.17, 15) is 9.59 Å². The van der Waals surface area contributed by atoms with Gasteiger partial charge in [-0.15, -0.1) is 10.2 Å². The van der Waals surface area contributed by atoms with E-state index in [2.05, 4.69) is 20.5 Å². The molecule has 0 spiro atoms. The highest BCUT2D eigenvalue weighted by atomic mass is 35.5. The highest BCUT2D eigenvalue weighted by Gasteiger charge is 2.15. The molecule has 2 aromatic carbocycles. The molecule has 140 valence electrons. The van der Waals surface area contributed by atoms with Gasteiger partial charge in [0.25, 0.3) is 5.56 Å². The van der Waals surface area contributed by atoms with Crippen LogP contribution in [-0.4, -0.2) is 31.2 Å². The fourth-order valence-electron chi connectivity index (χ4n) is 2.71. The summed E-state index contributed by atoms with van der Waals surface area (Å²) in [6.45, 7) is 0. The summed E-state index contributed by atoms with van der Waals surface area (Å²) in [7, 11) is 0. The molecule has 1 amide bonds. The van der Waals surface area contributed by atoms with Crippen molar-refractivity contribution in [3.63, 3.8) is 0 Å². The van der Waals surface area contributed by atoms with Gasteiger partial charge in [-0.1, -0.05) is 59.8 Å². The number of hydrogen-bond donors (Lipinski definition) is 2. The van der Waals surface area contributed by atoms with Crippen molar-refractivity contribution in [2.75, 3.05) is 11.1 Å². The van der Waals surface area contributed by atoms with Crippen molar-refractivity contribution in [3.05, 3.63) is 76.0 Å². The Kier molecular flexibility index (Phi) is 5.14. The lowest BCUT2D eigenvalue weighted by molar-refractivity contribution is -0.113. The molecule has 0 aliphatic heterocycles. The Hall–Kier alpha value is -3.10. The number of H-pyrrole nitrogens is 1. The van der Waals surface area contributed by atoms with E-state index in [4.69, 9.17) is 11.6 Å². The number of carbonyl (C=O) groups is 1. The van der Waals surface area contributed by atoms with Crippen LogP contribution < -0.4 is 10.9 Å². The Morgan fingerprint density at radius 3 is 2.71 bits per heavy atom. The Morgan fingerprint density at radius 2 is 1.93 bits per heavy atom. The minimum atomic E-state index is -0.269. The van der Waals surface area contributed by atoms with Gasteiger partial charge < -0.3 is 5.32 Å². The second-order valence-corrected chi connectivity index (χ2v) is 7.25. The molecule has 0 bridgehead atoms. The highest BCUT2D eigenvalue weighted by molar-refractivity contribution is 7.99. The zero-order valence-corrected chi connectivity index (χ0v) is 16.0. The van der Waals surface area contributed by atoms with E-state index in [1.54, 1.807) is 28.7 Å². The molecule has 4 aromatic rings. The average Bonchev–Trinajstić information content (AvgIpc) is 3.09. The zero-order valence-electron chi connectivity index (χ0n) is 14.4. The average molecular weight is 412 g/mol. The van der Waals surface area contributed by atoms with E-state index in [-0.39, 0.29) is 17.2 Å². The van der Waals surface area contributed by atoms with Crippen molar-refractivity contribution in [1.82, 2.24) is 19.6 Å². The Bertz CT molecular complexity index is 1210. The molecular formula is C19H14ClN5O2S. The number of aromatic amines is 1. The van der Waals surface area contributed by atoms with Crippen LogP contribution in [-0.2, 0) is 4.79 Å². The summed E-state index contributed by atoms with van der Waals surface area (Å²) in [6, 6.07) is 17.9. The highest BCUT2D eigenvalue weighted by Crippen LogP contribution is 2.24. The van der Waals surface area contributed by atoms with Gasteiger partial charge >= 0.3 is 0 Å². The quantitative estimate of drug-likeness (QED) is 0.490. The van der Waals surface area contributed by atoms with Crippen molar-refractivity contribution in [2.45, 2.75) is 5.16 Å². The molecule has 0 aliphatic rings. The van der Waals surface area contributed by atoms with E-state index in [1.165, 1.54) is 17.8 Å². The van der Waals surface area contributed by atoms with E-state index in [0.29, 0.717) is 27.3 Å². The van der Waals surface area contributed by atoms with Gasteiger partial charge in [-0.25, -0.2) is 0 Å². The lowest BCUT2D eigenvalue weighted by atomic mass is 10.1. The summed E-state index contributed by atoms with van der Waals surface area (Å²) in [4.78, 5) is 26.9. The van der Waals surface area contributed by atoms with Gasteiger partial charge in [-0.05, 0) is 23.8 Å². The molecule has 2 aromatic heterocycles. The summed E-state index contributed by atoms with van der Waals surface area (Å²) in [5.41, 5.74) is 1.86. The van der Waals surface area contributed by atoms with E-state index < -0.39 is 0 Å². The van der Waals surface area contributed by atoms with Crippen LogP contribution in [0, 0.1) is 0 Å². The minimum Gasteiger partial charge on any atom is -0.325 e. The molecule has 0 saturated heterocycles. The second kappa shape index (κ2) is 7.87. The largest absolute Gasteiger partial charge is 0.325 e. The molecule has 4 rings (SSSR count). The third-order valence-corrected chi connectivity index (χ3v) is 5.05. The van der Waals surface area contributed by atoms with Gasteiger partial charge in [-0.2, -0.15) is 0 Å². The molecule has 9 heteroatoms. The summed E-state index contributed by atoms with van der Waals surface area (Å²) in [5, 5.41) is 12.0. The lowest BCUT2D eigenvalue weighted by Crippen LogP contribution is -2.14. The van der Waals surface area contributed by atoms with Crippen LogP contribution in [0.4, 0.5) is 5.69 Å². The Labute approximate surface area is 168 Å². The predicted octanol–water partition coefficient (Wildman–Crippen LogP) is 3.47. The van der Waals surface area contributed by atoms with Gasteiger partial charge in [-0.3, -0.25) is 19.0 Å². The standard InChI is InChI=1S/C19H14ClN5O2S/c20-13-7-4-8-14(9-13)21-17(27)11-28-19-24-23-18-22-16(26)10-15(25(18)19)12-5-2-1-3-6-12/h1-10H,11H2,(H,21,27)(H,22,23,26). The van der Waals surface area contributed by atoms with E-state index >= 15 is 0 Å². The van der Waals surface area contributed by atoms with Gasteiger partial charge in [0, 0.05) is 16.8 Å². The first-order chi connectivity index (χ1) is 13.6. The number of rotatable bonds is 5. The van der Waals surface area contributed by atoms with Crippen molar-refractivity contribution >= 4 is 40.7 Å². The van der Waals surface area contributed by atoms with Crippen molar-refractivity contribution < 1.29 is 4.79 Å². The second-order valence-electron chi connectivity index (χ2n) is 5.87.